The number of benzene rings is 1. The topological polar surface area (TPSA) is 31.4 Å². The van der Waals surface area contributed by atoms with Crippen LogP contribution in [-0.4, -0.2) is 18.2 Å². The molecule has 1 aromatic heterocycles. The van der Waals surface area contributed by atoms with E-state index < -0.39 is 17.9 Å². The SMILES string of the molecule is CCC/C=C/C1COC(c2ccc(-c3ccc(F)c(F)c3)nc2)OC1. The molecule has 132 valence electrons. The Morgan fingerprint density at radius 1 is 1.12 bits per heavy atom. The van der Waals surface area contributed by atoms with E-state index >= 15 is 0 Å². The fraction of sp³-hybridized carbons (Fsp3) is 0.350. The van der Waals surface area contributed by atoms with Gasteiger partial charge in [0.1, 0.15) is 0 Å². The van der Waals surface area contributed by atoms with E-state index in [-0.39, 0.29) is 5.92 Å². The second-order valence-corrected chi connectivity index (χ2v) is 6.08. The van der Waals surface area contributed by atoms with Gasteiger partial charge in [-0.25, -0.2) is 8.78 Å². The summed E-state index contributed by atoms with van der Waals surface area (Å²) in [5, 5.41) is 0. The minimum absolute atomic E-state index is 0.275. The van der Waals surface area contributed by atoms with Gasteiger partial charge in [0.05, 0.1) is 18.9 Å². The van der Waals surface area contributed by atoms with Crippen molar-refractivity contribution in [1.29, 1.82) is 0 Å². The van der Waals surface area contributed by atoms with Crippen LogP contribution in [0.4, 0.5) is 8.78 Å². The number of rotatable bonds is 5. The molecule has 1 aliphatic heterocycles. The van der Waals surface area contributed by atoms with Gasteiger partial charge in [0.25, 0.3) is 0 Å². The molecule has 0 N–H and O–H groups in total. The Bertz CT molecular complexity index is 723. The highest BCUT2D eigenvalue weighted by atomic mass is 19.2. The van der Waals surface area contributed by atoms with Crippen LogP contribution in [0.3, 0.4) is 0 Å². The summed E-state index contributed by atoms with van der Waals surface area (Å²) in [5.41, 5.74) is 1.90. The Labute approximate surface area is 146 Å². The van der Waals surface area contributed by atoms with E-state index in [4.69, 9.17) is 9.47 Å². The second-order valence-electron chi connectivity index (χ2n) is 6.08. The summed E-state index contributed by atoms with van der Waals surface area (Å²) in [6.07, 6.45) is 7.70. The van der Waals surface area contributed by atoms with E-state index in [0.717, 1.165) is 30.5 Å². The van der Waals surface area contributed by atoms with Crippen molar-refractivity contribution in [1.82, 2.24) is 4.98 Å². The summed E-state index contributed by atoms with van der Waals surface area (Å²) >= 11 is 0. The maximum absolute atomic E-state index is 13.3. The maximum atomic E-state index is 13.3. The number of allylic oxidation sites excluding steroid dienone is 1. The Morgan fingerprint density at radius 2 is 1.92 bits per heavy atom. The highest BCUT2D eigenvalue weighted by Gasteiger charge is 2.22. The normalized spacial score (nSPS) is 20.9. The average Bonchev–Trinajstić information content (AvgIpc) is 2.65. The minimum Gasteiger partial charge on any atom is -0.348 e. The van der Waals surface area contributed by atoms with Crippen LogP contribution in [0, 0.1) is 17.6 Å². The van der Waals surface area contributed by atoms with Gasteiger partial charge in [0, 0.05) is 23.2 Å². The van der Waals surface area contributed by atoms with E-state index in [1.807, 2.05) is 6.07 Å². The zero-order valence-electron chi connectivity index (χ0n) is 14.1. The van der Waals surface area contributed by atoms with Gasteiger partial charge in [-0.1, -0.05) is 31.6 Å². The third kappa shape index (κ3) is 4.50. The fourth-order valence-corrected chi connectivity index (χ4v) is 2.65. The van der Waals surface area contributed by atoms with Crippen LogP contribution >= 0.6 is 0 Å². The lowest BCUT2D eigenvalue weighted by molar-refractivity contribution is -0.197. The summed E-state index contributed by atoms with van der Waals surface area (Å²) in [5.74, 6) is -1.48. The van der Waals surface area contributed by atoms with Crippen LogP contribution in [0.1, 0.15) is 31.6 Å². The lowest BCUT2D eigenvalue weighted by Gasteiger charge is -2.28. The lowest BCUT2D eigenvalue weighted by Crippen LogP contribution is -2.25. The van der Waals surface area contributed by atoms with Crippen LogP contribution < -0.4 is 0 Å². The Balaban J connectivity index is 1.62. The van der Waals surface area contributed by atoms with Crippen LogP contribution in [-0.2, 0) is 9.47 Å². The second kappa shape index (κ2) is 8.32. The molecule has 3 nitrogen and oxygen atoms in total. The van der Waals surface area contributed by atoms with Crippen LogP contribution in [0.5, 0.6) is 0 Å². The van der Waals surface area contributed by atoms with Gasteiger partial charge in [-0.15, -0.1) is 0 Å². The molecule has 0 spiro atoms. The van der Waals surface area contributed by atoms with Crippen molar-refractivity contribution in [3.63, 3.8) is 0 Å². The molecule has 0 amide bonds. The Kier molecular flexibility index (Phi) is 5.89. The summed E-state index contributed by atoms with van der Waals surface area (Å²) in [4.78, 5) is 4.31. The maximum Gasteiger partial charge on any atom is 0.185 e. The van der Waals surface area contributed by atoms with Gasteiger partial charge in [-0.2, -0.15) is 0 Å². The van der Waals surface area contributed by atoms with Crippen LogP contribution in [0.25, 0.3) is 11.3 Å². The number of hydrogen-bond acceptors (Lipinski definition) is 3. The van der Waals surface area contributed by atoms with Crippen molar-refractivity contribution in [3.8, 4) is 11.3 Å². The molecule has 5 heteroatoms. The molecule has 0 saturated carbocycles. The van der Waals surface area contributed by atoms with Crippen molar-refractivity contribution in [2.75, 3.05) is 13.2 Å². The van der Waals surface area contributed by atoms with E-state index in [1.54, 1.807) is 12.3 Å². The number of unbranched alkanes of at least 4 members (excludes halogenated alkanes) is 1. The predicted octanol–water partition coefficient (Wildman–Crippen LogP) is 5.04. The molecule has 1 fully saturated rings. The number of nitrogens with zero attached hydrogens (tertiary/aromatic N) is 1. The molecule has 1 saturated heterocycles. The first kappa shape index (κ1) is 17.7. The van der Waals surface area contributed by atoms with Crippen molar-refractivity contribution < 1.29 is 18.3 Å². The molecule has 25 heavy (non-hydrogen) atoms. The molecule has 1 aliphatic rings. The first-order valence-electron chi connectivity index (χ1n) is 8.48. The molecule has 2 heterocycles. The smallest absolute Gasteiger partial charge is 0.185 e. The molecule has 1 aromatic carbocycles. The zero-order valence-corrected chi connectivity index (χ0v) is 14.1. The van der Waals surface area contributed by atoms with Gasteiger partial charge < -0.3 is 9.47 Å². The number of pyridine rings is 1. The predicted molar refractivity (Wildman–Crippen MR) is 91.8 cm³/mol. The first-order valence-corrected chi connectivity index (χ1v) is 8.48. The molecule has 3 rings (SSSR count). The van der Waals surface area contributed by atoms with Gasteiger partial charge >= 0.3 is 0 Å². The molecule has 0 radical (unpaired) electrons. The van der Waals surface area contributed by atoms with E-state index in [1.165, 1.54) is 6.07 Å². The summed E-state index contributed by atoms with van der Waals surface area (Å²) < 4.78 is 37.9. The number of halogens is 2. The van der Waals surface area contributed by atoms with Gasteiger partial charge in [-0.3, -0.25) is 4.98 Å². The Hall–Kier alpha value is -2.11. The Morgan fingerprint density at radius 3 is 2.56 bits per heavy atom. The molecular weight excluding hydrogens is 324 g/mol. The van der Waals surface area contributed by atoms with Gasteiger partial charge in [0.15, 0.2) is 17.9 Å². The third-order valence-electron chi connectivity index (χ3n) is 4.06. The standard InChI is InChI=1S/C20H21F2NO2/c1-2-3-4-5-14-12-24-20(25-13-14)16-7-9-19(23-11-16)15-6-8-17(21)18(22)10-15/h4-11,14,20H,2-3,12-13H2,1H3/b5-4+. The minimum atomic E-state index is -0.885. The zero-order chi connectivity index (χ0) is 17.6. The van der Waals surface area contributed by atoms with Gasteiger partial charge in [-0.05, 0) is 30.7 Å². The molecule has 0 unspecified atom stereocenters. The largest absolute Gasteiger partial charge is 0.348 e. The monoisotopic (exact) mass is 345 g/mol. The van der Waals surface area contributed by atoms with Gasteiger partial charge in [0.2, 0.25) is 0 Å². The lowest BCUT2D eigenvalue weighted by atomic mass is 10.1. The fourth-order valence-electron chi connectivity index (χ4n) is 2.65. The molecular formula is C20H21F2NO2. The quantitative estimate of drug-likeness (QED) is 0.711. The summed E-state index contributed by atoms with van der Waals surface area (Å²) in [6.45, 7) is 3.36. The molecule has 0 aliphatic carbocycles. The van der Waals surface area contributed by atoms with E-state index in [2.05, 4.69) is 24.1 Å². The number of aromatic nitrogens is 1. The molecule has 0 atom stereocenters. The molecule has 2 aromatic rings. The number of ether oxygens (including phenoxy) is 2. The van der Waals surface area contributed by atoms with E-state index in [9.17, 15) is 8.78 Å². The van der Waals surface area contributed by atoms with Crippen LogP contribution in [0.15, 0.2) is 48.7 Å². The highest BCUT2D eigenvalue weighted by Crippen LogP contribution is 2.27. The van der Waals surface area contributed by atoms with Crippen molar-refractivity contribution in [2.24, 2.45) is 5.92 Å². The molecule has 0 bridgehead atoms. The van der Waals surface area contributed by atoms with Crippen LogP contribution in [0.2, 0.25) is 0 Å². The highest BCUT2D eigenvalue weighted by molar-refractivity contribution is 5.59. The average molecular weight is 345 g/mol. The van der Waals surface area contributed by atoms with Crippen molar-refractivity contribution in [2.45, 2.75) is 26.1 Å². The first-order chi connectivity index (χ1) is 12.2. The third-order valence-corrected chi connectivity index (χ3v) is 4.06. The van der Waals surface area contributed by atoms with Crippen molar-refractivity contribution in [3.05, 3.63) is 65.9 Å². The number of hydrogen-bond donors (Lipinski definition) is 0. The summed E-state index contributed by atoms with van der Waals surface area (Å²) in [6, 6.07) is 7.32. The summed E-state index contributed by atoms with van der Waals surface area (Å²) in [7, 11) is 0. The van der Waals surface area contributed by atoms with Crippen molar-refractivity contribution >= 4 is 0 Å². The van der Waals surface area contributed by atoms with E-state index in [0.29, 0.717) is 24.5 Å².